The number of ketones is 1. The summed E-state index contributed by atoms with van der Waals surface area (Å²) in [7, 11) is 0. The van der Waals surface area contributed by atoms with Gasteiger partial charge in [0, 0.05) is 16.9 Å². The van der Waals surface area contributed by atoms with Crippen LogP contribution in [0.5, 0.6) is 0 Å². The Labute approximate surface area is 145 Å². The number of para-hydroxylation sites is 1. The van der Waals surface area contributed by atoms with E-state index in [2.05, 4.69) is 20.6 Å². The van der Waals surface area contributed by atoms with E-state index in [0.29, 0.717) is 17.1 Å². The van der Waals surface area contributed by atoms with Gasteiger partial charge >= 0.3 is 0 Å². The Kier molecular flexibility index (Phi) is 4.80. The molecule has 1 aromatic heterocycles. The number of hydrogen-bond acceptors (Lipinski definition) is 5. The largest absolute Gasteiger partial charge is 0.339 e. The number of rotatable bonds is 5. The average Bonchev–Trinajstić information content (AvgIpc) is 2.63. The lowest BCUT2D eigenvalue weighted by atomic mass is 10.1. The number of benzene rings is 2. The van der Waals surface area contributed by atoms with Gasteiger partial charge in [0.2, 0.25) is 0 Å². The summed E-state index contributed by atoms with van der Waals surface area (Å²) in [5.74, 6) is 0.197. The number of hydrogen-bond donors (Lipinski definition) is 2. The van der Waals surface area contributed by atoms with Crippen molar-refractivity contribution in [1.82, 2.24) is 9.97 Å². The van der Waals surface area contributed by atoms with Crippen molar-refractivity contribution >= 4 is 28.9 Å². The third-order valence-corrected chi connectivity index (χ3v) is 3.48. The van der Waals surface area contributed by atoms with Crippen LogP contribution in [0.1, 0.15) is 27.8 Å². The molecule has 2 aromatic carbocycles. The molecule has 3 aromatic rings. The fourth-order valence-corrected chi connectivity index (χ4v) is 2.16. The molecule has 0 bridgehead atoms. The molecule has 0 aliphatic rings. The van der Waals surface area contributed by atoms with Crippen molar-refractivity contribution < 1.29 is 9.59 Å². The summed E-state index contributed by atoms with van der Waals surface area (Å²) < 4.78 is 0. The van der Waals surface area contributed by atoms with Crippen molar-refractivity contribution in [1.29, 1.82) is 0 Å². The van der Waals surface area contributed by atoms with Gasteiger partial charge < -0.3 is 10.6 Å². The van der Waals surface area contributed by atoms with E-state index in [0.717, 1.165) is 5.69 Å². The van der Waals surface area contributed by atoms with Gasteiger partial charge in [0.25, 0.3) is 5.91 Å². The van der Waals surface area contributed by atoms with Crippen LogP contribution in [0, 0.1) is 0 Å². The molecule has 0 saturated heterocycles. The zero-order valence-electron chi connectivity index (χ0n) is 13.6. The number of nitrogens with one attached hydrogen (secondary N) is 2. The van der Waals surface area contributed by atoms with Gasteiger partial charge in [-0.1, -0.05) is 18.2 Å². The lowest BCUT2D eigenvalue weighted by Crippen LogP contribution is -2.14. The molecule has 0 radical (unpaired) electrons. The zero-order valence-corrected chi connectivity index (χ0v) is 13.6. The first-order valence-corrected chi connectivity index (χ1v) is 7.68. The molecule has 2 N–H and O–H groups in total. The van der Waals surface area contributed by atoms with Crippen molar-refractivity contribution in [3.8, 4) is 0 Å². The van der Waals surface area contributed by atoms with Crippen LogP contribution in [-0.4, -0.2) is 21.7 Å². The summed E-state index contributed by atoms with van der Waals surface area (Å²) in [5, 5.41) is 5.82. The maximum Gasteiger partial charge on any atom is 0.275 e. The Morgan fingerprint density at radius 3 is 2.16 bits per heavy atom. The predicted octanol–water partition coefficient (Wildman–Crippen LogP) is 3.68. The van der Waals surface area contributed by atoms with Crippen molar-refractivity contribution in [2.45, 2.75) is 6.92 Å². The highest BCUT2D eigenvalue weighted by molar-refractivity contribution is 6.02. The number of Topliss-reactive ketones (excluding diaryl/α,β-unsaturated/α-hetero) is 1. The minimum Gasteiger partial charge on any atom is -0.339 e. The summed E-state index contributed by atoms with van der Waals surface area (Å²) in [5.41, 5.74) is 2.34. The lowest BCUT2D eigenvalue weighted by molar-refractivity contribution is 0.101. The van der Waals surface area contributed by atoms with Crippen LogP contribution in [0.15, 0.2) is 67.0 Å². The molecule has 0 aliphatic carbocycles. The Hall–Kier alpha value is -3.54. The van der Waals surface area contributed by atoms with Crippen molar-refractivity contribution in [3.05, 3.63) is 78.2 Å². The predicted molar refractivity (Wildman–Crippen MR) is 96.2 cm³/mol. The number of carbonyl (C=O) groups excluding carboxylic acids is 2. The second-order valence-corrected chi connectivity index (χ2v) is 5.37. The smallest absolute Gasteiger partial charge is 0.275 e. The van der Waals surface area contributed by atoms with Gasteiger partial charge in [-0.05, 0) is 43.3 Å². The van der Waals surface area contributed by atoms with Gasteiger partial charge in [-0.3, -0.25) is 9.59 Å². The minimum absolute atomic E-state index is 0.0140. The van der Waals surface area contributed by atoms with Crippen LogP contribution in [0.2, 0.25) is 0 Å². The molecule has 1 amide bonds. The van der Waals surface area contributed by atoms with E-state index in [1.165, 1.54) is 19.3 Å². The number of aromatic nitrogens is 2. The van der Waals surface area contributed by atoms with E-state index >= 15 is 0 Å². The summed E-state index contributed by atoms with van der Waals surface area (Å²) in [6, 6.07) is 16.2. The fraction of sp³-hybridized carbons (Fsp3) is 0.0526. The molecule has 0 saturated carbocycles. The Balaban J connectivity index is 1.65. The fourth-order valence-electron chi connectivity index (χ4n) is 2.16. The molecule has 0 atom stereocenters. The second-order valence-electron chi connectivity index (χ2n) is 5.37. The van der Waals surface area contributed by atoms with E-state index in [1.54, 1.807) is 36.4 Å². The Morgan fingerprint density at radius 1 is 0.840 bits per heavy atom. The molecule has 6 heteroatoms. The van der Waals surface area contributed by atoms with Crippen molar-refractivity contribution in [2.24, 2.45) is 0 Å². The first-order chi connectivity index (χ1) is 12.1. The molecule has 0 fully saturated rings. The highest BCUT2D eigenvalue weighted by Gasteiger charge is 2.08. The molecule has 3 rings (SSSR count). The molecule has 0 aliphatic heterocycles. The third-order valence-electron chi connectivity index (χ3n) is 3.48. The van der Waals surface area contributed by atoms with E-state index < -0.39 is 0 Å². The zero-order chi connectivity index (χ0) is 17.6. The van der Waals surface area contributed by atoms with Gasteiger partial charge in [0.1, 0.15) is 11.5 Å². The standard InChI is InChI=1S/C19H16N4O2/c1-13(24)14-7-9-16(10-8-14)22-18-12-20-17(11-21-18)19(25)23-15-5-3-2-4-6-15/h2-12H,1H3,(H,21,22)(H,23,25). The SMILES string of the molecule is CC(=O)c1ccc(Nc2cnc(C(=O)Nc3ccccc3)cn2)cc1. The van der Waals surface area contributed by atoms with E-state index in [4.69, 9.17) is 0 Å². The van der Waals surface area contributed by atoms with Crippen LogP contribution in [0.25, 0.3) is 0 Å². The second kappa shape index (κ2) is 7.35. The molecular weight excluding hydrogens is 316 g/mol. The van der Waals surface area contributed by atoms with Gasteiger partial charge in [0.15, 0.2) is 5.78 Å². The van der Waals surface area contributed by atoms with E-state index in [9.17, 15) is 9.59 Å². The first kappa shape index (κ1) is 16.3. The summed E-state index contributed by atoms with van der Waals surface area (Å²) in [6.45, 7) is 1.52. The highest BCUT2D eigenvalue weighted by atomic mass is 16.2. The van der Waals surface area contributed by atoms with E-state index in [1.807, 2.05) is 18.2 Å². The molecule has 25 heavy (non-hydrogen) atoms. The maximum atomic E-state index is 12.1. The molecule has 124 valence electrons. The number of nitrogens with zero attached hydrogens (tertiary/aromatic N) is 2. The summed E-state index contributed by atoms with van der Waals surface area (Å²) in [6.07, 6.45) is 2.89. The third kappa shape index (κ3) is 4.26. The first-order valence-electron chi connectivity index (χ1n) is 7.68. The van der Waals surface area contributed by atoms with E-state index in [-0.39, 0.29) is 17.4 Å². The monoisotopic (exact) mass is 332 g/mol. The maximum absolute atomic E-state index is 12.1. The quantitative estimate of drug-likeness (QED) is 0.696. The molecule has 6 nitrogen and oxygen atoms in total. The van der Waals surface area contributed by atoms with Gasteiger partial charge in [0.05, 0.1) is 12.4 Å². The Bertz CT molecular complexity index is 876. The van der Waals surface area contributed by atoms with Crippen LogP contribution >= 0.6 is 0 Å². The topological polar surface area (TPSA) is 84.0 Å². The number of anilines is 3. The van der Waals surface area contributed by atoms with Crippen LogP contribution in [0.3, 0.4) is 0 Å². The van der Waals surface area contributed by atoms with Crippen LogP contribution in [0.4, 0.5) is 17.2 Å². The highest BCUT2D eigenvalue weighted by Crippen LogP contribution is 2.15. The minimum atomic E-state index is -0.323. The number of carbonyl (C=O) groups is 2. The lowest BCUT2D eigenvalue weighted by Gasteiger charge is -2.07. The molecule has 0 spiro atoms. The van der Waals surface area contributed by atoms with Gasteiger partial charge in [-0.15, -0.1) is 0 Å². The van der Waals surface area contributed by atoms with Crippen LogP contribution in [-0.2, 0) is 0 Å². The summed E-state index contributed by atoms with van der Waals surface area (Å²) >= 11 is 0. The average molecular weight is 332 g/mol. The van der Waals surface area contributed by atoms with Gasteiger partial charge in [-0.2, -0.15) is 0 Å². The molecular formula is C19H16N4O2. The molecule has 0 unspecified atom stereocenters. The Morgan fingerprint density at radius 2 is 1.56 bits per heavy atom. The van der Waals surface area contributed by atoms with Crippen LogP contribution < -0.4 is 10.6 Å². The summed E-state index contributed by atoms with van der Waals surface area (Å²) in [4.78, 5) is 31.7. The molecule has 1 heterocycles. The number of amides is 1. The van der Waals surface area contributed by atoms with Crippen molar-refractivity contribution in [3.63, 3.8) is 0 Å². The normalized spacial score (nSPS) is 10.1. The van der Waals surface area contributed by atoms with Crippen molar-refractivity contribution in [2.75, 3.05) is 10.6 Å². The van der Waals surface area contributed by atoms with Gasteiger partial charge in [-0.25, -0.2) is 9.97 Å².